The average Bonchev–Trinajstić information content (AvgIpc) is 3.39. The van der Waals surface area contributed by atoms with Crippen LogP contribution in [0.25, 0.3) is 11.1 Å². The second-order valence-corrected chi connectivity index (χ2v) is 6.71. The van der Waals surface area contributed by atoms with Gasteiger partial charge in [-0.2, -0.15) is 0 Å². The van der Waals surface area contributed by atoms with Gasteiger partial charge in [0.05, 0.1) is 17.6 Å². The first kappa shape index (κ1) is 16.3. The van der Waals surface area contributed by atoms with Crippen molar-refractivity contribution in [2.24, 2.45) is 0 Å². The Morgan fingerprint density at radius 1 is 1.19 bits per heavy atom. The van der Waals surface area contributed by atoms with E-state index in [9.17, 15) is 4.79 Å². The van der Waals surface area contributed by atoms with Crippen LogP contribution < -0.4 is 10.2 Å². The summed E-state index contributed by atoms with van der Waals surface area (Å²) in [5.74, 6) is 0.359. The summed E-state index contributed by atoms with van der Waals surface area (Å²) in [5, 5.41) is 6.88. The van der Waals surface area contributed by atoms with Crippen molar-refractivity contribution >= 4 is 17.3 Å². The highest BCUT2D eigenvalue weighted by molar-refractivity contribution is 6.04. The highest BCUT2D eigenvalue weighted by Crippen LogP contribution is 2.39. The predicted molar refractivity (Wildman–Crippen MR) is 100 cm³/mol. The van der Waals surface area contributed by atoms with Gasteiger partial charge in [0.25, 0.3) is 5.91 Å². The van der Waals surface area contributed by atoms with Gasteiger partial charge in [-0.25, -0.2) is 0 Å². The molecular formula is C20H20N4O2. The molecule has 1 amide bonds. The maximum atomic E-state index is 12.5. The highest BCUT2D eigenvalue weighted by Gasteiger charge is 2.28. The first-order valence-electron chi connectivity index (χ1n) is 8.61. The third kappa shape index (κ3) is 3.31. The molecule has 1 saturated carbocycles. The molecule has 26 heavy (non-hydrogen) atoms. The van der Waals surface area contributed by atoms with Crippen LogP contribution in [0.3, 0.4) is 0 Å². The topological polar surface area (TPSA) is 71.3 Å². The smallest absolute Gasteiger partial charge is 0.294 e. The number of benzene rings is 1. The number of nitrogens with one attached hydrogen (secondary N) is 1. The molecule has 0 bridgehead atoms. The largest absolute Gasteiger partial charge is 0.378 e. The van der Waals surface area contributed by atoms with Gasteiger partial charge in [-0.15, -0.1) is 0 Å². The van der Waals surface area contributed by atoms with Crippen molar-refractivity contribution in [3.8, 4) is 11.1 Å². The lowest BCUT2D eigenvalue weighted by atomic mass is 10.0. The maximum Gasteiger partial charge on any atom is 0.294 e. The lowest BCUT2D eigenvalue weighted by Crippen LogP contribution is -2.12. The van der Waals surface area contributed by atoms with Crippen molar-refractivity contribution in [2.45, 2.75) is 18.8 Å². The molecule has 0 unspecified atom stereocenters. The molecule has 0 aliphatic heterocycles. The monoisotopic (exact) mass is 348 g/mol. The number of pyridine rings is 1. The maximum absolute atomic E-state index is 12.5. The number of nitrogens with zero attached hydrogens (tertiary/aromatic N) is 3. The number of aromatic nitrogens is 2. The summed E-state index contributed by atoms with van der Waals surface area (Å²) in [5.41, 5.74) is 4.52. The van der Waals surface area contributed by atoms with E-state index in [1.165, 1.54) is 0 Å². The number of rotatable bonds is 5. The van der Waals surface area contributed by atoms with E-state index in [2.05, 4.69) is 15.5 Å². The molecule has 1 fully saturated rings. The fourth-order valence-electron chi connectivity index (χ4n) is 2.84. The van der Waals surface area contributed by atoms with Crippen LogP contribution in [-0.4, -0.2) is 30.1 Å². The Balaban J connectivity index is 1.57. The van der Waals surface area contributed by atoms with Gasteiger partial charge in [-0.3, -0.25) is 9.78 Å². The van der Waals surface area contributed by atoms with Crippen molar-refractivity contribution in [3.05, 3.63) is 60.2 Å². The van der Waals surface area contributed by atoms with Gasteiger partial charge in [0.15, 0.2) is 0 Å². The van der Waals surface area contributed by atoms with E-state index in [0.29, 0.717) is 11.6 Å². The van der Waals surface area contributed by atoms with Crippen LogP contribution in [0.15, 0.2) is 53.3 Å². The Kier molecular flexibility index (Phi) is 4.16. The van der Waals surface area contributed by atoms with Gasteiger partial charge in [-0.05, 0) is 36.6 Å². The van der Waals surface area contributed by atoms with Gasteiger partial charge in [0.1, 0.15) is 0 Å². The molecule has 6 heteroatoms. The molecule has 1 aromatic carbocycles. The Bertz CT molecular complexity index is 927. The normalized spacial score (nSPS) is 13.5. The van der Waals surface area contributed by atoms with E-state index < -0.39 is 0 Å². The minimum absolute atomic E-state index is 0.227. The standard InChI is InChI=1S/C20H20N4O2/c1-24(2)15-7-5-13(6-8-15)16-9-10-21-12-18(16)22-20(25)19-11-17(23-26-19)14-3-4-14/h5-12,14H,3-4H2,1-2H3,(H,22,25). The van der Waals surface area contributed by atoms with E-state index in [1.54, 1.807) is 18.5 Å². The Morgan fingerprint density at radius 2 is 1.96 bits per heavy atom. The van der Waals surface area contributed by atoms with Crippen molar-refractivity contribution < 1.29 is 9.32 Å². The van der Waals surface area contributed by atoms with Crippen LogP contribution in [0.2, 0.25) is 0 Å². The Hall–Kier alpha value is -3.15. The quantitative estimate of drug-likeness (QED) is 0.756. The molecule has 0 atom stereocenters. The van der Waals surface area contributed by atoms with Gasteiger partial charge < -0.3 is 14.7 Å². The SMILES string of the molecule is CN(C)c1ccc(-c2ccncc2NC(=O)c2cc(C3CC3)no2)cc1. The second-order valence-electron chi connectivity index (χ2n) is 6.71. The third-order valence-corrected chi connectivity index (χ3v) is 4.51. The van der Waals surface area contributed by atoms with Crippen LogP contribution >= 0.6 is 0 Å². The third-order valence-electron chi connectivity index (χ3n) is 4.51. The van der Waals surface area contributed by atoms with Crippen LogP contribution in [-0.2, 0) is 0 Å². The summed E-state index contributed by atoms with van der Waals surface area (Å²) in [7, 11) is 4.00. The van der Waals surface area contributed by atoms with Crippen LogP contribution in [0.4, 0.5) is 11.4 Å². The number of hydrogen-bond acceptors (Lipinski definition) is 5. The molecule has 0 radical (unpaired) electrons. The number of amides is 1. The molecule has 6 nitrogen and oxygen atoms in total. The first-order valence-corrected chi connectivity index (χ1v) is 8.61. The van der Waals surface area contributed by atoms with Crippen LogP contribution in [0, 0.1) is 0 Å². The zero-order valence-electron chi connectivity index (χ0n) is 14.8. The molecule has 132 valence electrons. The molecule has 2 heterocycles. The molecule has 1 N–H and O–H groups in total. The molecule has 1 aliphatic rings. The molecule has 2 aromatic heterocycles. The minimum atomic E-state index is -0.316. The predicted octanol–water partition coefficient (Wildman–Crippen LogP) is 3.93. The molecule has 3 aromatic rings. The fourth-order valence-corrected chi connectivity index (χ4v) is 2.84. The minimum Gasteiger partial charge on any atom is -0.378 e. The van der Waals surface area contributed by atoms with Crippen molar-refractivity contribution in [2.75, 3.05) is 24.3 Å². The van der Waals surface area contributed by atoms with Crippen LogP contribution in [0.1, 0.15) is 35.0 Å². The van der Waals surface area contributed by atoms with E-state index in [0.717, 1.165) is 35.3 Å². The molecule has 0 saturated heterocycles. The number of anilines is 2. The summed E-state index contributed by atoms with van der Waals surface area (Å²) in [6.07, 6.45) is 5.59. The Labute approximate surface area is 151 Å². The molecular weight excluding hydrogens is 328 g/mol. The summed E-state index contributed by atoms with van der Waals surface area (Å²) in [4.78, 5) is 18.7. The Morgan fingerprint density at radius 3 is 2.65 bits per heavy atom. The van der Waals surface area contributed by atoms with Crippen molar-refractivity contribution in [3.63, 3.8) is 0 Å². The summed E-state index contributed by atoms with van der Waals surface area (Å²) in [6.45, 7) is 0. The molecule has 1 aliphatic carbocycles. The summed E-state index contributed by atoms with van der Waals surface area (Å²) < 4.78 is 5.20. The average molecular weight is 348 g/mol. The van der Waals surface area contributed by atoms with Crippen molar-refractivity contribution in [1.29, 1.82) is 0 Å². The van der Waals surface area contributed by atoms with Gasteiger partial charge in [0.2, 0.25) is 5.76 Å². The van der Waals surface area contributed by atoms with E-state index in [4.69, 9.17) is 4.52 Å². The second kappa shape index (κ2) is 6.63. The highest BCUT2D eigenvalue weighted by atomic mass is 16.5. The summed E-state index contributed by atoms with van der Waals surface area (Å²) >= 11 is 0. The number of carbonyl (C=O) groups is 1. The first-order chi connectivity index (χ1) is 12.6. The van der Waals surface area contributed by atoms with Crippen molar-refractivity contribution in [1.82, 2.24) is 10.1 Å². The zero-order chi connectivity index (χ0) is 18.1. The lowest BCUT2D eigenvalue weighted by molar-refractivity contribution is 0.0988. The zero-order valence-corrected chi connectivity index (χ0v) is 14.8. The van der Waals surface area contributed by atoms with Gasteiger partial charge in [0, 0.05) is 43.5 Å². The van der Waals surface area contributed by atoms with Crippen LogP contribution in [0.5, 0.6) is 0 Å². The van der Waals surface area contributed by atoms with Gasteiger partial charge >= 0.3 is 0 Å². The fraction of sp³-hybridized carbons (Fsp3) is 0.250. The molecule has 4 rings (SSSR count). The number of hydrogen-bond donors (Lipinski definition) is 1. The number of carbonyl (C=O) groups excluding carboxylic acids is 1. The van der Waals surface area contributed by atoms with Gasteiger partial charge in [-0.1, -0.05) is 17.3 Å². The van der Waals surface area contributed by atoms with E-state index in [1.807, 2.05) is 49.3 Å². The lowest BCUT2D eigenvalue weighted by Gasteiger charge is -2.14. The summed E-state index contributed by atoms with van der Waals surface area (Å²) in [6, 6.07) is 11.8. The molecule has 0 spiro atoms. The van der Waals surface area contributed by atoms with E-state index in [-0.39, 0.29) is 11.7 Å². The van der Waals surface area contributed by atoms with E-state index >= 15 is 0 Å².